The first-order valence-corrected chi connectivity index (χ1v) is 10.8. The number of imide groups is 1. The van der Waals surface area contributed by atoms with Crippen molar-refractivity contribution in [3.05, 3.63) is 106 Å². The number of halogens is 1. The van der Waals surface area contributed by atoms with E-state index < -0.39 is 11.8 Å². The van der Waals surface area contributed by atoms with Crippen LogP contribution < -0.4 is 10.6 Å². The van der Waals surface area contributed by atoms with Gasteiger partial charge in [0.05, 0.1) is 6.54 Å². The van der Waals surface area contributed by atoms with Crippen LogP contribution in [-0.2, 0) is 16.1 Å². The van der Waals surface area contributed by atoms with Crippen molar-refractivity contribution in [2.24, 2.45) is 0 Å². The Balaban J connectivity index is 1.44. The molecule has 0 unspecified atom stereocenters. The van der Waals surface area contributed by atoms with Gasteiger partial charge in [-0.15, -0.1) is 0 Å². The van der Waals surface area contributed by atoms with E-state index in [0.717, 1.165) is 27.3 Å². The number of rotatable bonds is 6. The van der Waals surface area contributed by atoms with Crippen molar-refractivity contribution >= 4 is 40.7 Å². The topological polar surface area (TPSA) is 78.5 Å². The standard InChI is InChI=1S/C26H22ClN3O3/c1-16-12-17(2)14-21(13-16)29-24(31)19-8-10-20(11-9-19)28-23-22(27)25(32)30(26(23)33)15-18-6-4-3-5-7-18/h3-14,28H,15H2,1-2H3,(H,29,31). The summed E-state index contributed by atoms with van der Waals surface area (Å²) in [5.74, 6) is -1.28. The zero-order chi connectivity index (χ0) is 23.5. The highest BCUT2D eigenvalue weighted by molar-refractivity contribution is 6.48. The molecule has 0 bridgehead atoms. The number of benzene rings is 3. The smallest absolute Gasteiger partial charge is 0.279 e. The molecule has 0 radical (unpaired) electrons. The van der Waals surface area contributed by atoms with E-state index in [2.05, 4.69) is 10.6 Å². The molecule has 3 aromatic rings. The molecule has 0 saturated heterocycles. The summed E-state index contributed by atoms with van der Waals surface area (Å²) in [5, 5.41) is 5.65. The maximum absolute atomic E-state index is 12.8. The first-order chi connectivity index (χ1) is 15.8. The van der Waals surface area contributed by atoms with Gasteiger partial charge in [-0.1, -0.05) is 48.0 Å². The van der Waals surface area contributed by atoms with E-state index in [0.29, 0.717) is 11.3 Å². The largest absolute Gasteiger partial charge is 0.350 e. The summed E-state index contributed by atoms with van der Waals surface area (Å²) in [6.45, 7) is 4.08. The van der Waals surface area contributed by atoms with E-state index in [9.17, 15) is 14.4 Å². The number of nitrogens with one attached hydrogen (secondary N) is 2. The molecule has 0 spiro atoms. The van der Waals surface area contributed by atoms with Gasteiger partial charge in [-0.25, -0.2) is 0 Å². The van der Waals surface area contributed by atoms with Gasteiger partial charge in [0, 0.05) is 16.9 Å². The number of carbonyl (C=O) groups is 3. The third-order valence-corrected chi connectivity index (χ3v) is 5.54. The molecule has 4 rings (SSSR count). The van der Waals surface area contributed by atoms with Crippen molar-refractivity contribution in [2.45, 2.75) is 20.4 Å². The van der Waals surface area contributed by atoms with Crippen LogP contribution in [0.2, 0.25) is 0 Å². The normalized spacial score (nSPS) is 13.5. The van der Waals surface area contributed by atoms with Crippen LogP contribution in [0.3, 0.4) is 0 Å². The Morgan fingerprint density at radius 1 is 0.848 bits per heavy atom. The van der Waals surface area contributed by atoms with Crippen molar-refractivity contribution in [2.75, 3.05) is 10.6 Å². The highest BCUT2D eigenvalue weighted by Crippen LogP contribution is 2.27. The van der Waals surface area contributed by atoms with Crippen LogP contribution in [0.25, 0.3) is 0 Å². The highest BCUT2D eigenvalue weighted by Gasteiger charge is 2.37. The molecular formula is C26H22ClN3O3. The third-order valence-electron chi connectivity index (χ3n) is 5.19. The first-order valence-electron chi connectivity index (χ1n) is 10.4. The van der Waals surface area contributed by atoms with Gasteiger partial charge in [0.2, 0.25) is 0 Å². The number of amides is 3. The summed E-state index contributed by atoms with van der Waals surface area (Å²) in [4.78, 5) is 39.0. The maximum atomic E-state index is 12.8. The number of nitrogens with zero attached hydrogens (tertiary/aromatic N) is 1. The summed E-state index contributed by atoms with van der Waals surface area (Å²) in [7, 11) is 0. The zero-order valence-electron chi connectivity index (χ0n) is 18.2. The number of aryl methyl sites for hydroxylation is 2. The number of carbonyl (C=O) groups excluding carboxylic acids is 3. The van der Waals surface area contributed by atoms with Crippen molar-refractivity contribution in [3.63, 3.8) is 0 Å². The van der Waals surface area contributed by atoms with E-state index in [-0.39, 0.29) is 23.2 Å². The Bertz CT molecular complexity index is 1250. The molecule has 3 aromatic carbocycles. The monoisotopic (exact) mass is 459 g/mol. The lowest BCUT2D eigenvalue weighted by atomic mass is 10.1. The second kappa shape index (κ2) is 9.30. The highest BCUT2D eigenvalue weighted by atomic mass is 35.5. The van der Waals surface area contributed by atoms with Gasteiger partial charge in [-0.3, -0.25) is 19.3 Å². The molecule has 1 aliphatic heterocycles. The SMILES string of the molecule is Cc1cc(C)cc(NC(=O)c2ccc(NC3=C(Cl)C(=O)N(Cc4ccccc4)C3=O)cc2)c1. The molecule has 0 saturated carbocycles. The lowest BCUT2D eigenvalue weighted by Crippen LogP contribution is -2.31. The molecular weight excluding hydrogens is 438 g/mol. The van der Waals surface area contributed by atoms with E-state index >= 15 is 0 Å². The van der Waals surface area contributed by atoms with Crippen molar-refractivity contribution in [1.82, 2.24) is 4.90 Å². The minimum atomic E-state index is -0.544. The molecule has 7 heteroatoms. The van der Waals surface area contributed by atoms with E-state index in [1.165, 1.54) is 0 Å². The maximum Gasteiger partial charge on any atom is 0.279 e. The molecule has 166 valence electrons. The molecule has 2 N–H and O–H groups in total. The van der Waals surface area contributed by atoms with Crippen LogP contribution in [-0.4, -0.2) is 22.6 Å². The number of hydrogen-bond donors (Lipinski definition) is 2. The van der Waals surface area contributed by atoms with Gasteiger partial charge in [0.1, 0.15) is 10.7 Å². The predicted molar refractivity (Wildman–Crippen MR) is 129 cm³/mol. The Kier molecular flexibility index (Phi) is 6.29. The molecule has 0 atom stereocenters. The second-order valence-corrected chi connectivity index (χ2v) is 8.28. The summed E-state index contributed by atoms with van der Waals surface area (Å²) >= 11 is 6.17. The Hall–Kier alpha value is -3.90. The van der Waals surface area contributed by atoms with E-state index in [1.54, 1.807) is 24.3 Å². The zero-order valence-corrected chi connectivity index (χ0v) is 18.9. The fourth-order valence-electron chi connectivity index (χ4n) is 3.66. The summed E-state index contributed by atoms with van der Waals surface area (Å²) in [6, 6.07) is 21.6. The molecule has 0 aliphatic carbocycles. The molecule has 6 nitrogen and oxygen atoms in total. The van der Waals surface area contributed by atoms with Crippen LogP contribution >= 0.6 is 11.6 Å². The van der Waals surface area contributed by atoms with Gasteiger partial charge >= 0.3 is 0 Å². The lowest BCUT2D eigenvalue weighted by molar-refractivity contribution is -0.138. The minimum absolute atomic E-state index is 0.0186. The van der Waals surface area contributed by atoms with Gasteiger partial charge in [-0.2, -0.15) is 0 Å². The van der Waals surface area contributed by atoms with Crippen molar-refractivity contribution in [3.8, 4) is 0 Å². The molecule has 33 heavy (non-hydrogen) atoms. The Morgan fingerprint density at radius 3 is 2.12 bits per heavy atom. The molecule has 0 fully saturated rings. The van der Waals surface area contributed by atoms with E-state index in [1.807, 2.05) is 62.4 Å². The van der Waals surface area contributed by atoms with Gasteiger partial charge in [0.25, 0.3) is 17.7 Å². The van der Waals surface area contributed by atoms with Crippen LogP contribution in [0.1, 0.15) is 27.0 Å². The summed E-state index contributed by atoms with van der Waals surface area (Å²) < 4.78 is 0. The van der Waals surface area contributed by atoms with Crippen LogP contribution in [0.15, 0.2) is 83.5 Å². The van der Waals surface area contributed by atoms with Crippen molar-refractivity contribution in [1.29, 1.82) is 0 Å². The van der Waals surface area contributed by atoms with Crippen molar-refractivity contribution < 1.29 is 14.4 Å². The van der Waals surface area contributed by atoms with E-state index in [4.69, 9.17) is 11.6 Å². The molecule has 3 amide bonds. The molecule has 1 aliphatic rings. The average molecular weight is 460 g/mol. The lowest BCUT2D eigenvalue weighted by Gasteiger charge is -2.15. The fraction of sp³-hybridized carbons (Fsp3) is 0.115. The first kappa shape index (κ1) is 22.3. The molecule has 1 heterocycles. The van der Waals surface area contributed by atoms with Crippen LogP contribution in [0.5, 0.6) is 0 Å². The molecule has 0 aromatic heterocycles. The number of hydrogen-bond acceptors (Lipinski definition) is 4. The third kappa shape index (κ3) is 4.96. The second-order valence-electron chi connectivity index (χ2n) is 7.90. The fourth-order valence-corrected chi connectivity index (χ4v) is 3.89. The predicted octanol–water partition coefficient (Wildman–Crippen LogP) is 4.99. The summed E-state index contributed by atoms with van der Waals surface area (Å²) in [5.41, 5.74) is 4.69. The summed E-state index contributed by atoms with van der Waals surface area (Å²) in [6.07, 6.45) is 0. The Morgan fingerprint density at radius 2 is 1.48 bits per heavy atom. The Labute approximate surface area is 196 Å². The van der Waals surface area contributed by atoms with Crippen LogP contribution in [0, 0.1) is 13.8 Å². The minimum Gasteiger partial charge on any atom is -0.350 e. The van der Waals surface area contributed by atoms with Crippen LogP contribution in [0.4, 0.5) is 11.4 Å². The number of anilines is 2. The average Bonchev–Trinajstić information content (AvgIpc) is 2.98. The quantitative estimate of drug-likeness (QED) is 0.509. The van der Waals surface area contributed by atoms with Gasteiger partial charge in [0.15, 0.2) is 0 Å². The van der Waals surface area contributed by atoms with Gasteiger partial charge in [-0.05, 0) is 66.9 Å². The van der Waals surface area contributed by atoms with Gasteiger partial charge < -0.3 is 10.6 Å².